The number of ether oxygens (including phenoxy) is 1. The molecule has 2 aromatic rings. The molecule has 0 spiro atoms. The first kappa shape index (κ1) is 16.4. The number of hydrazine groups is 1. The molecule has 4 atom stereocenters. The molecule has 1 aliphatic rings. The number of aromatic nitrogens is 3. The summed E-state index contributed by atoms with van der Waals surface area (Å²) in [6.45, 7) is -0.515. The first-order chi connectivity index (χ1) is 11.4. The maximum absolute atomic E-state index is 11.9. The maximum atomic E-state index is 11.9. The second kappa shape index (κ2) is 5.85. The topological polar surface area (TPSA) is 208 Å². The van der Waals surface area contributed by atoms with E-state index in [1.54, 1.807) is 0 Å². The molecule has 12 nitrogen and oxygen atoms in total. The highest BCUT2D eigenvalue weighted by Crippen LogP contribution is 2.39. The van der Waals surface area contributed by atoms with E-state index in [0.717, 1.165) is 6.33 Å². The van der Waals surface area contributed by atoms with E-state index in [1.807, 2.05) is 0 Å². The molecule has 2 aromatic heterocycles. The molecule has 10 N–H and O–H groups in total. The van der Waals surface area contributed by atoms with Crippen molar-refractivity contribution in [2.24, 2.45) is 11.6 Å². The van der Waals surface area contributed by atoms with Crippen molar-refractivity contribution in [1.29, 1.82) is 0 Å². The minimum atomic E-state index is -1.42. The lowest BCUT2D eigenvalue weighted by molar-refractivity contribution is -0.0499. The summed E-state index contributed by atoms with van der Waals surface area (Å²) in [7, 11) is 0. The number of rotatable bonds is 4. The number of amides is 1. The Hall–Kier alpha value is -2.51. The van der Waals surface area contributed by atoms with E-state index in [1.165, 1.54) is 4.57 Å². The fourth-order valence-electron chi connectivity index (χ4n) is 2.88. The normalized spacial score (nSPS) is 26.8. The number of nitrogens with two attached hydrogens (primary N) is 3. The van der Waals surface area contributed by atoms with Crippen molar-refractivity contribution in [2.45, 2.75) is 24.5 Å². The number of nitrogen functional groups attached to an aromatic ring is 2. The fourth-order valence-corrected chi connectivity index (χ4v) is 2.88. The van der Waals surface area contributed by atoms with E-state index in [-0.39, 0.29) is 28.2 Å². The van der Waals surface area contributed by atoms with Crippen LogP contribution in [0, 0.1) is 0 Å². The number of carbonyl (C=O) groups is 1. The molecule has 24 heavy (non-hydrogen) atoms. The van der Waals surface area contributed by atoms with Gasteiger partial charge >= 0.3 is 0 Å². The van der Waals surface area contributed by atoms with Gasteiger partial charge in [0.1, 0.15) is 41.9 Å². The Morgan fingerprint density at radius 2 is 2.08 bits per heavy atom. The third-order valence-corrected chi connectivity index (χ3v) is 3.97. The van der Waals surface area contributed by atoms with Gasteiger partial charge in [0.2, 0.25) is 0 Å². The summed E-state index contributed by atoms with van der Waals surface area (Å²) in [5, 5.41) is 29.6. The Morgan fingerprint density at radius 1 is 1.38 bits per heavy atom. The van der Waals surface area contributed by atoms with Crippen molar-refractivity contribution < 1.29 is 24.9 Å². The number of anilines is 2. The van der Waals surface area contributed by atoms with E-state index < -0.39 is 37.1 Å². The molecule has 0 aliphatic carbocycles. The molecule has 1 fully saturated rings. The van der Waals surface area contributed by atoms with E-state index in [4.69, 9.17) is 22.0 Å². The average molecular weight is 339 g/mol. The number of nitrogens with zero attached hydrogens (tertiary/aromatic N) is 3. The molecule has 3 unspecified atom stereocenters. The number of primary amides is 1. The highest BCUT2D eigenvalue weighted by Gasteiger charge is 2.45. The van der Waals surface area contributed by atoms with E-state index in [9.17, 15) is 20.1 Å². The summed E-state index contributed by atoms with van der Waals surface area (Å²) in [4.78, 5) is 19.7. The first-order valence-corrected chi connectivity index (χ1v) is 6.95. The van der Waals surface area contributed by atoms with E-state index in [0.29, 0.717) is 0 Å². The van der Waals surface area contributed by atoms with Crippen LogP contribution in [-0.2, 0) is 4.74 Å². The highest BCUT2D eigenvalue weighted by molar-refractivity contribution is 6.13. The van der Waals surface area contributed by atoms with Gasteiger partial charge < -0.3 is 36.9 Å². The van der Waals surface area contributed by atoms with Crippen molar-refractivity contribution in [2.75, 3.05) is 17.8 Å². The standard InChI is InChI=1S/C12H17N7O5/c13-8-4-5(9(14)23)11(18-15)19(10(4)17-2-16-8)12-7(22)6(21)3(1-20)24-12/h2-3,6-7,12,18,20-22H,1,15H2,(H2,14,23)(H2,13,16,17)/t3?,6?,7-,12?/m1/s1. The second-order valence-corrected chi connectivity index (χ2v) is 5.29. The molecular formula is C12H17N7O5. The minimum absolute atomic E-state index is 0.0143. The summed E-state index contributed by atoms with van der Waals surface area (Å²) in [6, 6.07) is 0. The zero-order valence-electron chi connectivity index (χ0n) is 12.3. The molecule has 1 aliphatic heterocycles. The fraction of sp³-hybridized carbons (Fsp3) is 0.417. The van der Waals surface area contributed by atoms with Gasteiger partial charge in [-0.3, -0.25) is 9.36 Å². The van der Waals surface area contributed by atoms with Crippen LogP contribution in [0.5, 0.6) is 0 Å². The van der Waals surface area contributed by atoms with Gasteiger partial charge in [-0.1, -0.05) is 0 Å². The highest BCUT2D eigenvalue weighted by atomic mass is 16.6. The van der Waals surface area contributed by atoms with Crippen molar-refractivity contribution in [3.05, 3.63) is 11.9 Å². The molecular weight excluding hydrogens is 322 g/mol. The molecule has 3 heterocycles. The van der Waals surface area contributed by atoms with Gasteiger partial charge in [0.15, 0.2) is 6.23 Å². The number of fused-ring (bicyclic) bond motifs is 1. The van der Waals surface area contributed by atoms with Gasteiger partial charge in [-0.25, -0.2) is 15.8 Å². The summed E-state index contributed by atoms with van der Waals surface area (Å²) < 4.78 is 6.72. The first-order valence-electron chi connectivity index (χ1n) is 6.95. The molecule has 0 radical (unpaired) electrons. The van der Waals surface area contributed by atoms with Crippen LogP contribution in [-0.4, -0.2) is 60.7 Å². The Morgan fingerprint density at radius 3 is 2.62 bits per heavy atom. The van der Waals surface area contributed by atoms with Crippen LogP contribution in [0.25, 0.3) is 11.0 Å². The zero-order valence-corrected chi connectivity index (χ0v) is 12.3. The van der Waals surface area contributed by atoms with Gasteiger partial charge in [-0.05, 0) is 0 Å². The number of hydrogen-bond donors (Lipinski definition) is 7. The largest absolute Gasteiger partial charge is 0.394 e. The Kier molecular flexibility index (Phi) is 3.98. The predicted molar refractivity (Wildman–Crippen MR) is 81.3 cm³/mol. The molecule has 1 saturated heterocycles. The number of aliphatic hydroxyl groups is 3. The van der Waals surface area contributed by atoms with Gasteiger partial charge in [-0.15, -0.1) is 0 Å². The number of hydrogen-bond acceptors (Lipinski definition) is 10. The summed E-state index contributed by atoms with van der Waals surface area (Å²) >= 11 is 0. The second-order valence-electron chi connectivity index (χ2n) is 5.29. The molecule has 12 heteroatoms. The van der Waals surface area contributed by atoms with E-state index in [2.05, 4.69) is 15.4 Å². The van der Waals surface area contributed by atoms with Gasteiger partial charge in [0, 0.05) is 0 Å². The van der Waals surface area contributed by atoms with Gasteiger partial charge in [0.25, 0.3) is 5.91 Å². The summed E-state index contributed by atoms with van der Waals surface area (Å²) in [5.74, 6) is 4.62. The predicted octanol–water partition coefficient (Wildman–Crippen LogP) is -2.99. The van der Waals surface area contributed by atoms with Crippen LogP contribution in [0.2, 0.25) is 0 Å². The monoisotopic (exact) mass is 339 g/mol. The Bertz CT molecular complexity index is 794. The minimum Gasteiger partial charge on any atom is -0.394 e. The molecule has 1 amide bonds. The van der Waals surface area contributed by atoms with Crippen LogP contribution in [0.3, 0.4) is 0 Å². The number of carbonyl (C=O) groups excluding carboxylic acids is 1. The number of aliphatic hydroxyl groups excluding tert-OH is 3. The van der Waals surface area contributed by atoms with Crippen molar-refractivity contribution in [3.63, 3.8) is 0 Å². The van der Waals surface area contributed by atoms with Crippen LogP contribution in [0.15, 0.2) is 6.33 Å². The quantitative estimate of drug-likeness (QED) is 0.222. The van der Waals surface area contributed by atoms with Gasteiger partial charge in [-0.2, -0.15) is 0 Å². The van der Waals surface area contributed by atoms with Gasteiger partial charge in [0.05, 0.1) is 17.6 Å². The lowest BCUT2D eigenvalue weighted by atomic mass is 10.1. The van der Waals surface area contributed by atoms with Crippen LogP contribution < -0.4 is 22.7 Å². The SMILES string of the molecule is NNc1c(C(N)=O)c2c(N)ncnc2n1C1OC(CO)C(O)[C@H]1O. The lowest BCUT2D eigenvalue weighted by Crippen LogP contribution is -2.33. The Labute approximate surface area is 134 Å². The summed E-state index contributed by atoms with van der Waals surface area (Å²) in [6.07, 6.45) is -3.82. The molecule has 0 saturated carbocycles. The third-order valence-electron chi connectivity index (χ3n) is 3.97. The molecule has 0 bridgehead atoms. The maximum Gasteiger partial charge on any atom is 0.253 e. The van der Waals surface area contributed by atoms with Crippen LogP contribution in [0.4, 0.5) is 11.6 Å². The van der Waals surface area contributed by atoms with Crippen LogP contribution in [0.1, 0.15) is 16.6 Å². The molecule has 130 valence electrons. The van der Waals surface area contributed by atoms with Crippen molar-refractivity contribution >= 4 is 28.6 Å². The van der Waals surface area contributed by atoms with Crippen molar-refractivity contribution in [3.8, 4) is 0 Å². The summed E-state index contributed by atoms with van der Waals surface area (Å²) in [5.41, 5.74) is 13.6. The third kappa shape index (κ3) is 2.16. The zero-order chi connectivity index (χ0) is 17.6. The number of nitrogens with one attached hydrogen (secondary N) is 1. The molecule has 3 rings (SSSR count). The Balaban J connectivity index is 2.29. The van der Waals surface area contributed by atoms with Crippen molar-refractivity contribution in [1.82, 2.24) is 14.5 Å². The smallest absolute Gasteiger partial charge is 0.253 e. The van der Waals surface area contributed by atoms with Crippen LogP contribution >= 0.6 is 0 Å². The van der Waals surface area contributed by atoms with E-state index >= 15 is 0 Å². The molecule has 0 aromatic carbocycles. The average Bonchev–Trinajstić information content (AvgIpc) is 3.03. The lowest BCUT2D eigenvalue weighted by Gasteiger charge is -2.20.